The highest BCUT2D eigenvalue weighted by Gasteiger charge is 2.20. The van der Waals surface area contributed by atoms with Crippen LogP contribution in [-0.2, 0) is 5.41 Å². The van der Waals surface area contributed by atoms with Gasteiger partial charge in [-0.05, 0) is 13.8 Å². The van der Waals surface area contributed by atoms with E-state index in [2.05, 4.69) is 4.98 Å². The molecule has 0 bridgehead atoms. The fourth-order valence-corrected chi connectivity index (χ4v) is 0.892. The average molecular weight is 181 g/mol. The third-order valence-corrected chi connectivity index (χ3v) is 1.95. The second-order valence-corrected chi connectivity index (χ2v) is 4.27. The Bertz CT molecular complexity index is 371. The lowest BCUT2D eigenvalue weighted by molar-refractivity contribution is 0.348. The van der Waals surface area contributed by atoms with Gasteiger partial charge < -0.3 is 4.42 Å². The number of aromatic nitrogens is 1. The molecule has 0 aliphatic carbocycles. The topological polar surface area (TPSA) is 43.1 Å². The van der Waals surface area contributed by atoms with Crippen molar-refractivity contribution < 1.29 is 4.42 Å². The molecule has 0 N–H and O–H groups in total. The van der Waals surface area contributed by atoms with Crippen molar-refractivity contribution >= 4 is 0 Å². The summed E-state index contributed by atoms with van der Waals surface area (Å²) < 4.78 is 5.09. The molecule has 0 aliphatic heterocycles. The first-order valence-electron chi connectivity index (χ1n) is 4.31. The molecule has 1 aromatic rings. The molecule has 0 aromatic carbocycles. The summed E-state index contributed by atoms with van der Waals surface area (Å²) in [7, 11) is 0. The van der Waals surface area contributed by atoms with Gasteiger partial charge in [-0.3, -0.25) is 0 Å². The molecule has 3 heteroatoms. The highest BCUT2D eigenvalue weighted by Crippen LogP contribution is 2.19. The van der Waals surface area contributed by atoms with Gasteiger partial charge in [-0.15, -0.1) is 0 Å². The normalized spacial score (nSPS) is 11.8. The smallest absolute Gasteiger partial charge is 0.342 e. The van der Waals surface area contributed by atoms with Gasteiger partial charge in [0, 0.05) is 5.41 Å². The lowest BCUT2D eigenvalue weighted by Crippen LogP contribution is -2.19. The second-order valence-electron chi connectivity index (χ2n) is 4.27. The predicted molar refractivity (Wildman–Crippen MR) is 50.9 cm³/mol. The summed E-state index contributed by atoms with van der Waals surface area (Å²) in [5.41, 5.74) is 0.851. The standard InChI is InChI=1S/C10H15NO2/c1-6-7(2)11-9(10(3,4)5)13-8(6)12/h1-5H3. The zero-order chi connectivity index (χ0) is 10.2. The molecule has 0 aliphatic rings. The SMILES string of the molecule is Cc1nc(C(C)(C)C)oc(=O)c1C. The van der Waals surface area contributed by atoms with E-state index in [-0.39, 0.29) is 11.0 Å². The lowest BCUT2D eigenvalue weighted by atomic mass is 9.96. The van der Waals surface area contributed by atoms with E-state index in [0.29, 0.717) is 11.5 Å². The summed E-state index contributed by atoms with van der Waals surface area (Å²) in [6, 6.07) is 0. The van der Waals surface area contributed by atoms with Crippen molar-refractivity contribution in [2.75, 3.05) is 0 Å². The van der Waals surface area contributed by atoms with Crippen molar-refractivity contribution in [1.29, 1.82) is 0 Å². The summed E-state index contributed by atoms with van der Waals surface area (Å²) in [4.78, 5) is 15.5. The first kappa shape index (κ1) is 9.96. The van der Waals surface area contributed by atoms with Crippen LogP contribution in [0, 0.1) is 13.8 Å². The predicted octanol–water partition coefficient (Wildman–Crippen LogP) is 1.95. The van der Waals surface area contributed by atoms with Crippen LogP contribution in [0.1, 0.15) is 37.9 Å². The Morgan fingerprint density at radius 3 is 2.15 bits per heavy atom. The minimum absolute atomic E-state index is 0.211. The third-order valence-electron chi connectivity index (χ3n) is 1.95. The van der Waals surface area contributed by atoms with Crippen molar-refractivity contribution in [3.63, 3.8) is 0 Å². The molecule has 0 saturated carbocycles. The zero-order valence-corrected chi connectivity index (χ0v) is 8.76. The quantitative estimate of drug-likeness (QED) is 0.614. The summed E-state index contributed by atoms with van der Waals surface area (Å²) >= 11 is 0. The van der Waals surface area contributed by atoms with Gasteiger partial charge in [-0.2, -0.15) is 0 Å². The van der Waals surface area contributed by atoms with E-state index in [1.54, 1.807) is 6.92 Å². The van der Waals surface area contributed by atoms with Gasteiger partial charge in [-0.25, -0.2) is 9.78 Å². The number of hydrogen-bond donors (Lipinski definition) is 0. The molecule has 0 atom stereocenters. The van der Waals surface area contributed by atoms with Crippen LogP contribution in [0.5, 0.6) is 0 Å². The molecule has 0 radical (unpaired) electrons. The first-order valence-corrected chi connectivity index (χ1v) is 4.31. The van der Waals surface area contributed by atoms with Gasteiger partial charge in [0.15, 0.2) is 0 Å². The maximum Gasteiger partial charge on any atom is 0.342 e. The van der Waals surface area contributed by atoms with Crippen molar-refractivity contribution in [3.05, 3.63) is 27.6 Å². The first-order chi connectivity index (χ1) is 5.82. The van der Waals surface area contributed by atoms with E-state index in [4.69, 9.17) is 4.42 Å². The van der Waals surface area contributed by atoms with Crippen LogP contribution < -0.4 is 5.63 Å². The van der Waals surface area contributed by atoms with Crippen molar-refractivity contribution in [2.24, 2.45) is 0 Å². The molecule has 72 valence electrons. The Balaban J connectivity index is 3.38. The van der Waals surface area contributed by atoms with E-state index in [1.807, 2.05) is 27.7 Å². The summed E-state index contributed by atoms with van der Waals surface area (Å²) in [6.07, 6.45) is 0. The maximum absolute atomic E-state index is 11.3. The fourth-order valence-electron chi connectivity index (χ4n) is 0.892. The number of hydrogen-bond acceptors (Lipinski definition) is 3. The fraction of sp³-hybridized carbons (Fsp3) is 0.600. The lowest BCUT2D eigenvalue weighted by Gasteiger charge is -2.15. The molecule has 0 fully saturated rings. The highest BCUT2D eigenvalue weighted by molar-refractivity contribution is 5.13. The van der Waals surface area contributed by atoms with Crippen LogP contribution in [0.15, 0.2) is 9.21 Å². The minimum Gasteiger partial charge on any atom is -0.408 e. The molecule has 0 amide bonds. The van der Waals surface area contributed by atoms with Gasteiger partial charge in [0.1, 0.15) is 0 Å². The van der Waals surface area contributed by atoms with Gasteiger partial charge in [0.05, 0.1) is 11.3 Å². The Morgan fingerprint density at radius 1 is 1.23 bits per heavy atom. The third kappa shape index (κ3) is 1.97. The largest absolute Gasteiger partial charge is 0.408 e. The van der Waals surface area contributed by atoms with Crippen molar-refractivity contribution in [1.82, 2.24) is 4.98 Å². The molecule has 0 unspecified atom stereocenters. The number of rotatable bonds is 0. The van der Waals surface area contributed by atoms with Crippen LogP contribution in [0.25, 0.3) is 0 Å². The van der Waals surface area contributed by atoms with E-state index >= 15 is 0 Å². The van der Waals surface area contributed by atoms with Crippen LogP contribution >= 0.6 is 0 Å². The van der Waals surface area contributed by atoms with Crippen molar-refractivity contribution in [3.8, 4) is 0 Å². The van der Waals surface area contributed by atoms with Crippen LogP contribution in [0.2, 0.25) is 0 Å². The van der Waals surface area contributed by atoms with E-state index < -0.39 is 0 Å². The summed E-state index contributed by atoms with van der Waals surface area (Å²) in [5.74, 6) is 0.501. The molecular weight excluding hydrogens is 166 g/mol. The molecule has 3 nitrogen and oxygen atoms in total. The minimum atomic E-state index is -0.280. The highest BCUT2D eigenvalue weighted by atomic mass is 16.4. The molecular formula is C10H15NO2. The summed E-state index contributed by atoms with van der Waals surface area (Å²) in [6.45, 7) is 9.44. The Kier molecular flexibility index (Phi) is 2.28. The number of nitrogens with zero attached hydrogens (tertiary/aromatic N) is 1. The number of aryl methyl sites for hydroxylation is 1. The van der Waals surface area contributed by atoms with Crippen LogP contribution in [0.4, 0.5) is 0 Å². The molecule has 1 heterocycles. The van der Waals surface area contributed by atoms with Gasteiger partial charge >= 0.3 is 5.63 Å². The Hall–Kier alpha value is -1.12. The molecule has 0 spiro atoms. The summed E-state index contributed by atoms with van der Waals surface area (Å²) in [5, 5.41) is 0. The monoisotopic (exact) mass is 181 g/mol. The molecule has 13 heavy (non-hydrogen) atoms. The maximum atomic E-state index is 11.3. The van der Waals surface area contributed by atoms with Crippen LogP contribution in [-0.4, -0.2) is 4.98 Å². The zero-order valence-electron chi connectivity index (χ0n) is 8.76. The van der Waals surface area contributed by atoms with E-state index in [9.17, 15) is 4.79 Å². The molecule has 1 rings (SSSR count). The Morgan fingerprint density at radius 2 is 1.77 bits per heavy atom. The molecule has 1 aromatic heterocycles. The van der Waals surface area contributed by atoms with E-state index in [0.717, 1.165) is 5.69 Å². The van der Waals surface area contributed by atoms with Crippen LogP contribution in [0.3, 0.4) is 0 Å². The van der Waals surface area contributed by atoms with E-state index in [1.165, 1.54) is 0 Å². The van der Waals surface area contributed by atoms with Gasteiger partial charge in [0.2, 0.25) is 5.89 Å². The van der Waals surface area contributed by atoms with Gasteiger partial charge in [-0.1, -0.05) is 20.8 Å². The molecule has 0 saturated heterocycles. The Labute approximate surface area is 77.8 Å². The average Bonchev–Trinajstić information content (AvgIpc) is 1.97. The second kappa shape index (κ2) is 2.98. The van der Waals surface area contributed by atoms with Crippen molar-refractivity contribution in [2.45, 2.75) is 40.0 Å². The van der Waals surface area contributed by atoms with Gasteiger partial charge in [0.25, 0.3) is 0 Å².